The summed E-state index contributed by atoms with van der Waals surface area (Å²) in [6.45, 7) is 4.94. The number of methoxy groups -OCH3 is 1. The summed E-state index contributed by atoms with van der Waals surface area (Å²) in [5, 5.41) is 13.2. The second kappa shape index (κ2) is 7.33. The summed E-state index contributed by atoms with van der Waals surface area (Å²) in [6.07, 6.45) is -0.458. The second-order valence-corrected chi connectivity index (χ2v) is 4.69. The number of aliphatic hydroxyl groups is 1. The molecule has 0 aliphatic carbocycles. The Kier molecular flexibility index (Phi) is 5.44. The predicted molar refractivity (Wildman–Crippen MR) is 73.8 cm³/mol. The van der Waals surface area contributed by atoms with Gasteiger partial charge in [0, 0.05) is 32.7 Å². The van der Waals surface area contributed by atoms with Crippen molar-refractivity contribution in [1.82, 2.24) is 10.2 Å². The van der Waals surface area contributed by atoms with E-state index in [1.807, 2.05) is 24.3 Å². The molecule has 0 amide bonds. The minimum absolute atomic E-state index is 0.316. The zero-order valence-electron chi connectivity index (χ0n) is 11.3. The lowest BCUT2D eigenvalue weighted by Crippen LogP contribution is -2.47. The zero-order chi connectivity index (χ0) is 13.5. The molecule has 1 fully saturated rings. The quantitative estimate of drug-likeness (QED) is 0.777. The van der Waals surface area contributed by atoms with Crippen LogP contribution in [0.1, 0.15) is 0 Å². The molecule has 1 aromatic carbocycles. The molecule has 0 radical (unpaired) electrons. The van der Waals surface area contributed by atoms with Gasteiger partial charge in [-0.3, -0.25) is 4.90 Å². The molecule has 1 aliphatic rings. The van der Waals surface area contributed by atoms with Gasteiger partial charge < -0.3 is 19.9 Å². The number of piperazine rings is 1. The Morgan fingerprint density at radius 3 is 2.47 bits per heavy atom. The van der Waals surface area contributed by atoms with Crippen LogP contribution in [-0.2, 0) is 0 Å². The van der Waals surface area contributed by atoms with E-state index in [1.165, 1.54) is 0 Å². The first-order chi connectivity index (χ1) is 9.28. The van der Waals surface area contributed by atoms with Crippen LogP contribution in [0.15, 0.2) is 24.3 Å². The molecular weight excluding hydrogens is 244 g/mol. The van der Waals surface area contributed by atoms with Crippen LogP contribution in [0.25, 0.3) is 0 Å². The molecule has 19 heavy (non-hydrogen) atoms. The molecule has 1 saturated heterocycles. The largest absolute Gasteiger partial charge is 0.497 e. The lowest BCUT2D eigenvalue weighted by atomic mass is 10.3. The number of hydrogen-bond acceptors (Lipinski definition) is 5. The number of benzene rings is 1. The third-order valence-electron chi connectivity index (χ3n) is 3.18. The average Bonchev–Trinajstić information content (AvgIpc) is 2.47. The Morgan fingerprint density at radius 2 is 1.84 bits per heavy atom. The van der Waals surface area contributed by atoms with Crippen LogP contribution in [0, 0.1) is 0 Å². The van der Waals surface area contributed by atoms with Crippen molar-refractivity contribution in [1.29, 1.82) is 0 Å². The first kappa shape index (κ1) is 14.1. The molecule has 5 nitrogen and oxygen atoms in total. The molecule has 0 aromatic heterocycles. The SMILES string of the molecule is COc1ccc(OC[C@H](O)CN2CCNCC2)cc1. The highest BCUT2D eigenvalue weighted by atomic mass is 16.5. The first-order valence-corrected chi connectivity index (χ1v) is 6.66. The Bertz CT molecular complexity index is 363. The van der Waals surface area contributed by atoms with E-state index in [0.717, 1.165) is 37.7 Å². The summed E-state index contributed by atoms with van der Waals surface area (Å²) in [7, 11) is 1.63. The van der Waals surface area contributed by atoms with E-state index in [-0.39, 0.29) is 0 Å². The highest BCUT2D eigenvalue weighted by Crippen LogP contribution is 2.17. The normalized spacial score (nSPS) is 18.0. The molecule has 0 saturated carbocycles. The second-order valence-electron chi connectivity index (χ2n) is 4.69. The van der Waals surface area contributed by atoms with Crippen molar-refractivity contribution in [3.63, 3.8) is 0 Å². The lowest BCUT2D eigenvalue weighted by molar-refractivity contribution is 0.0641. The van der Waals surface area contributed by atoms with E-state index in [0.29, 0.717) is 13.2 Å². The molecule has 1 aromatic rings. The molecule has 1 heterocycles. The van der Waals surface area contributed by atoms with Gasteiger partial charge in [-0.05, 0) is 24.3 Å². The van der Waals surface area contributed by atoms with Crippen molar-refractivity contribution in [3.8, 4) is 11.5 Å². The fraction of sp³-hybridized carbons (Fsp3) is 0.571. The number of ether oxygens (including phenoxy) is 2. The van der Waals surface area contributed by atoms with Crippen LogP contribution in [0.3, 0.4) is 0 Å². The summed E-state index contributed by atoms with van der Waals surface area (Å²) in [6, 6.07) is 7.38. The fourth-order valence-electron chi connectivity index (χ4n) is 2.11. The maximum Gasteiger partial charge on any atom is 0.119 e. The summed E-state index contributed by atoms with van der Waals surface area (Å²) in [4.78, 5) is 2.25. The van der Waals surface area contributed by atoms with E-state index in [9.17, 15) is 5.11 Å². The minimum atomic E-state index is -0.458. The molecule has 106 valence electrons. The molecule has 2 N–H and O–H groups in total. The molecule has 0 bridgehead atoms. The number of β-amino-alcohol motifs (C(OH)–C–C–N with tert-alkyl or cyclic N) is 1. The Hall–Kier alpha value is -1.30. The summed E-state index contributed by atoms with van der Waals surface area (Å²) >= 11 is 0. The molecular formula is C14H22N2O3. The standard InChI is InChI=1S/C14H22N2O3/c1-18-13-2-4-14(5-3-13)19-11-12(17)10-16-8-6-15-7-9-16/h2-5,12,15,17H,6-11H2,1H3/t12-/m1/s1. The maximum absolute atomic E-state index is 9.95. The summed E-state index contributed by atoms with van der Waals surface area (Å²) in [5.41, 5.74) is 0. The smallest absolute Gasteiger partial charge is 0.119 e. The van der Waals surface area contributed by atoms with Gasteiger partial charge >= 0.3 is 0 Å². The van der Waals surface area contributed by atoms with Crippen LogP contribution in [0.4, 0.5) is 0 Å². The van der Waals surface area contributed by atoms with Crippen molar-refractivity contribution in [2.75, 3.05) is 46.4 Å². The Balaban J connectivity index is 1.71. The Morgan fingerprint density at radius 1 is 1.21 bits per heavy atom. The van der Waals surface area contributed by atoms with Crippen molar-refractivity contribution in [3.05, 3.63) is 24.3 Å². The predicted octanol–water partition coefficient (Wildman–Crippen LogP) is 0.340. The Labute approximate surface area is 114 Å². The van der Waals surface area contributed by atoms with Gasteiger partial charge in [0.15, 0.2) is 0 Å². The molecule has 1 aliphatic heterocycles. The summed E-state index contributed by atoms with van der Waals surface area (Å²) < 4.78 is 10.6. The van der Waals surface area contributed by atoms with Gasteiger partial charge in [-0.25, -0.2) is 0 Å². The molecule has 0 unspecified atom stereocenters. The number of nitrogens with one attached hydrogen (secondary N) is 1. The van der Waals surface area contributed by atoms with Gasteiger partial charge in [0.05, 0.1) is 7.11 Å². The number of aliphatic hydroxyl groups excluding tert-OH is 1. The first-order valence-electron chi connectivity index (χ1n) is 6.66. The van der Waals surface area contributed by atoms with Crippen LogP contribution in [0.5, 0.6) is 11.5 Å². The summed E-state index contributed by atoms with van der Waals surface area (Å²) in [5.74, 6) is 1.55. The number of nitrogens with zero attached hydrogens (tertiary/aromatic N) is 1. The molecule has 0 spiro atoms. The van der Waals surface area contributed by atoms with E-state index >= 15 is 0 Å². The van der Waals surface area contributed by atoms with E-state index in [1.54, 1.807) is 7.11 Å². The fourth-order valence-corrected chi connectivity index (χ4v) is 2.11. The number of hydrogen-bond donors (Lipinski definition) is 2. The number of rotatable bonds is 6. The van der Waals surface area contributed by atoms with Crippen molar-refractivity contribution in [2.45, 2.75) is 6.10 Å². The van der Waals surface area contributed by atoms with E-state index in [2.05, 4.69) is 10.2 Å². The monoisotopic (exact) mass is 266 g/mol. The van der Waals surface area contributed by atoms with Crippen LogP contribution in [-0.4, -0.2) is 62.6 Å². The van der Waals surface area contributed by atoms with E-state index in [4.69, 9.17) is 9.47 Å². The van der Waals surface area contributed by atoms with Gasteiger partial charge in [-0.15, -0.1) is 0 Å². The topological polar surface area (TPSA) is 54.0 Å². The third kappa shape index (κ3) is 4.70. The van der Waals surface area contributed by atoms with Crippen LogP contribution < -0.4 is 14.8 Å². The maximum atomic E-state index is 9.95. The average molecular weight is 266 g/mol. The van der Waals surface area contributed by atoms with Crippen molar-refractivity contribution >= 4 is 0 Å². The lowest BCUT2D eigenvalue weighted by Gasteiger charge is -2.29. The van der Waals surface area contributed by atoms with Gasteiger partial charge in [0.1, 0.15) is 24.2 Å². The van der Waals surface area contributed by atoms with Gasteiger partial charge in [-0.1, -0.05) is 0 Å². The van der Waals surface area contributed by atoms with Crippen molar-refractivity contribution < 1.29 is 14.6 Å². The molecule has 2 rings (SSSR count). The highest BCUT2D eigenvalue weighted by Gasteiger charge is 2.14. The zero-order valence-corrected chi connectivity index (χ0v) is 11.3. The highest BCUT2D eigenvalue weighted by molar-refractivity contribution is 5.31. The van der Waals surface area contributed by atoms with Gasteiger partial charge in [-0.2, -0.15) is 0 Å². The molecule has 1 atom stereocenters. The van der Waals surface area contributed by atoms with Gasteiger partial charge in [0.2, 0.25) is 0 Å². The van der Waals surface area contributed by atoms with Crippen LogP contribution in [0.2, 0.25) is 0 Å². The van der Waals surface area contributed by atoms with Crippen LogP contribution >= 0.6 is 0 Å². The molecule has 5 heteroatoms. The van der Waals surface area contributed by atoms with Gasteiger partial charge in [0.25, 0.3) is 0 Å². The third-order valence-corrected chi connectivity index (χ3v) is 3.18. The van der Waals surface area contributed by atoms with Crippen molar-refractivity contribution in [2.24, 2.45) is 0 Å². The minimum Gasteiger partial charge on any atom is -0.497 e. The van der Waals surface area contributed by atoms with E-state index < -0.39 is 6.10 Å².